The molecule has 4 heteroatoms. The van der Waals surface area contributed by atoms with Crippen LogP contribution in [0.15, 0.2) is 42.6 Å². The van der Waals surface area contributed by atoms with Gasteiger partial charge in [0.05, 0.1) is 18.3 Å². The average Bonchev–Trinajstić information content (AvgIpc) is 2.94. The van der Waals surface area contributed by atoms with Crippen LogP contribution in [0.1, 0.15) is 44.5 Å². The molecule has 0 radical (unpaired) electrons. The van der Waals surface area contributed by atoms with Gasteiger partial charge in [-0.15, -0.1) is 0 Å². The SMILES string of the molecule is COc1ccc(C(=O)c2cc(C(C)=O)c3c(C)cc(C)cn23)cc1. The minimum atomic E-state index is -0.120. The molecule has 0 aliphatic carbocycles. The number of methoxy groups -OCH3 is 1. The maximum Gasteiger partial charge on any atom is 0.209 e. The lowest BCUT2D eigenvalue weighted by Gasteiger charge is -2.07. The van der Waals surface area contributed by atoms with Gasteiger partial charge in [-0.2, -0.15) is 0 Å². The molecule has 4 nitrogen and oxygen atoms in total. The molecular weight excluding hydrogens is 302 g/mol. The quantitative estimate of drug-likeness (QED) is 0.682. The lowest BCUT2D eigenvalue weighted by atomic mass is 10.1. The predicted molar refractivity (Wildman–Crippen MR) is 93.3 cm³/mol. The number of ketones is 2. The summed E-state index contributed by atoms with van der Waals surface area (Å²) in [6.45, 7) is 5.45. The number of ether oxygens (including phenoxy) is 1. The standard InChI is InChI=1S/C20H19NO3/c1-12-9-13(2)19-17(14(3)22)10-18(21(19)11-12)20(23)15-5-7-16(24-4)8-6-15/h5-11H,1-4H3. The molecule has 0 unspecified atom stereocenters. The molecule has 0 saturated carbocycles. The van der Waals surface area contributed by atoms with E-state index in [4.69, 9.17) is 4.74 Å². The van der Waals surface area contributed by atoms with Crippen LogP contribution in [0.5, 0.6) is 5.75 Å². The van der Waals surface area contributed by atoms with Gasteiger partial charge in [0.15, 0.2) is 5.78 Å². The van der Waals surface area contributed by atoms with Crippen LogP contribution in [-0.2, 0) is 0 Å². The van der Waals surface area contributed by atoms with Crippen LogP contribution in [0.4, 0.5) is 0 Å². The minimum absolute atomic E-state index is 0.0479. The number of carbonyl (C=O) groups excluding carboxylic acids is 2. The van der Waals surface area contributed by atoms with E-state index in [1.807, 2.05) is 30.5 Å². The van der Waals surface area contributed by atoms with Crippen molar-refractivity contribution < 1.29 is 14.3 Å². The van der Waals surface area contributed by atoms with Crippen molar-refractivity contribution >= 4 is 17.1 Å². The summed E-state index contributed by atoms with van der Waals surface area (Å²) in [5, 5.41) is 0. The molecule has 0 bridgehead atoms. The molecule has 0 amide bonds. The van der Waals surface area contributed by atoms with Crippen LogP contribution >= 0.6 is 0 Å². The van der Waals surface area contributed by atoms with Crippen molar-refractivity contribution in [3.63, 3.8) is 0 Å². The Kier molecular flexibility index (Phi) is 3.97. The van der Waals surface area contributed by atoms with Crippen LogP contribution in [0, 0.1) is 13.8 Å². The van der Waals surface area contributed by atoms with Crippen LogP contribution in [0.3, 0.4) is 0 Å². The first kappa shape index (κ1) is 16.0. The molecule has 0 spiro atoms. The molecule has 3 aromatic rings. The highest BCUT2D eigenvalue weighted by molar-refractivity contribution is 6.12. The first-order valence-electron chi connectivity index (χ1n) is 7.74. The fraction of sp³-hybridized carbons (Fsp3) is 0.200. The van der Waals surface area contributed by atoms with E-state index in [1.54, 1.807) is 37.4 Å². The van der Waals surface area contributed by atoms with Crippen LogP contribution in [0.2, 0.25) is 0 Å². The summed E-state index contributed by atoms with van der Waals surface area (Å²) in [4.78, 5) is 25.0. The van der Waals surface area contributed by atoms with Gasteiger partial charge in [-0.25, -0.2) is 0 Å². The Labute approximate surface area is 140 Å². The lowest BCUT2D eigenvalue weighted by Crippen LogP contribution is -2.05. The number of aryl methyl sites for hydroxylation is 2. The van der Waals surface area contributed by atoms with Gasteiger partial charge in [0, 0.05) is 17.3 Å². The number of hydrogen-bond donors (Lipinski definition) is 0. The smallest absolute Gasteiger partial charge is 0.209 e. The molecule has 3 rings (SSSR count). The highest BCUT2D eigenvalue weighted by Gasteiger charge is 2.20. The fourth-order valence-corrected chi connectivity index (χ4v) is 3.05. The summed E-state index contributed by atoms with van der Waals surface area (Å²) in [5.74, 6) is 0.529. The maximum atomic E-state index is 12.9. The van der Waals surface area contributed by atoms with E-state index in [0.717, 1.165) is 16.6 Å². The molecule has 2 heterocycles. The third-order valence-corrected chi connectivity index (χ3v) is 4.15. The summed E-state index contributed by atoms with van der Waals surface area (Å²) < 4.78 is 6.96. The fourth-order valence-electron chi connectivity index (χ4n) is 3.05. The molecule has 0 fully saturated rings. The Hall–Kier alpha value is -2.88. The maximum absolute atomic E-state index is 12.9. The van der Waals surface area contributed by atoms with Crippen molar-refractivity contribution in [1.82, 2.24) is 4.40 Å². The molecule has 2 aromatic heterocycles. The number of nitrogens with zero attached hydrogens (tertiary/aromatic N) is 1. The van der Waals surface area contributed by atoms with Gasteiger partial charge in [-0.1, -0.05) is 6.07 Å². The second-order valence-electron chi connectivity index (χ2n) is 5.98. The highest BCUT2D eigenvalue weighted by atomic mass is 16.5. The van der Waals surface area contributed by atoms with Crippen molar-refractivity contribution in [2.24, 2.45) is 0 Å². The third kappa shape index (κ3) is 2.60. The number of hydrogen-bond acceptors (Lipinski definition) is 3. The summed E-state index contributed by atoms with van der Waals surface area (Å²) >= 11 is 0. The second-order valence-corrected chi connectivity index (χ2v) is 5.98. The van der Waals surface area contributed by atoms with Gasteiger partial charge in [0.1, 0.15) is 5.75 Å². The number of pyridine rings is 1. The molecule has 0 aliphatic rings. The van der Waals surface area contributed by atoms with Crippen molar-refractivity contribution in [3.05, 3.63) is 70.5 Å². The van der Waals surface area contributed by atoms with E-state index in [1.165, 1.54) is 6.92 Å². The Morgan fingerprint density at radius 1 is 1.04 bits per heavy atom. The molecular formula is C20H19NO3. The molecule has 24 heavy (non-hydrogen) atoms. The van der Waals surface area contributed by atoms with E-state index in [0.29, 0.717) is 22.6 Å². The highest BCUT2D eigenvalue weighted by Crippen LogP contribution is 2.25. The lowest BCUT2D eigenvalue weighted by molar-refractivity contribution is 0.101. The van der Waals surface area contributed by atoms with Crippen LogP contribution in [-0.4, -0.2) is 23.1 Å². The van der Waals surface area contributed by atoms with E-state index in [9.17, 15) is 9.59 Å². The van der Waals surface area contributed by atoms with E-state index < -0.39 is 0 Å². The van der Waals surface area contributed by atoms with Gasteiger partial charge in [0.25, 0.3) is 0 Å². The Balaban J connectivity index is 2.21. The molecule has 0 N–H and O–H groups in total. The molecule has 0 atom stereocenters. The zero-order valence-electron chi connectivity index (χ0n) is 14.2. The summed E-state index contributed by atoms with van der Waals surface area (Å²) in [6.07, 6.45) is 1.89. The van der Waals surface area contributed by atoms with Gasteiger partial charge < -0.3 is 9.14 Å². The van der Waals surface area contributed by atoms with E-state index >= 15 is 0 Å². The zero-order valence-corrected chi connectivity index (χ0v) is 14.2. The Bertz CT molecular complexity index is 949. The van der Waals surface area contributed by atoms with Gasteiger partial charge >= 0.3 is 0 Å². The van der Waals surface area contributed by atoms with Gasteiger partial charge in [-0.05, 0) is 62.2 Å². The molecule has 0 aliphatic heterocycles. The first-order chi connectivity index (χ1) is 11.4. The summed E-state index contributed by atoms with van der Waals surface area (Å²) in [7, 11) is 1.59. The monoisotopic (exact) mass is 321 g/mol. The van der Waals surface area contributed by atoms with E-state index in [-0.39, 0.29) is 11.6 Å². The number of carbonyl (C=O) groups is 2. The zero-order chi connectivity index (χ0) is 17.4. The van der Waals surface area contributed by atoms with Crippen molar-refractivity contribution in [2.75, 3.05) is 7.11 Å². The minimum Gasteiger partial charge on any atom is -0.497 e. The van der Waals surface area contributed by atoms with Gasteiger partial charge in [0.2, 0.25) is 5.78 Å². The number of benzene rings is 1. The van der Waals surface area contributed by atoms with Crippen LogP contribution < -0.4 is 4.74 Å². The Morgan fingerprint density at radius 2 is 1.71 bits per heavy atom. The number of Topliss-reactive ketones (excluding diaryl/α,β-unsaturated/α-hetero) is 1. The summed E-state index contributed by atoms with van der Waals surface area (Å²) in [6, 6.07) is 10.7. The molecule has 0 saturated heterocycles. The Morgan fingerprint density at radius 3 is 2.29 bits per heavy atom. The largest absolute Gasteiger partial charge is 0.497 e. The summed E-state index contributed by atoms with van der Waals surface area (Å²) in [5.41, 5.74) is 4.44. The van der Waals surface area contributed by atoms with Crippen molar-refractivity contribution in [2.45, 2.75) is 20.8 Å². The molecule has 122 valence electrons. The number of fused-ring (bicyclic) bond motifs is 1. The topological polar surface area (TPSA) is 47.8 Å². The van der Waals surface area contributed by atoms with Crippen molar-refractivity contribution in [3.8, 4) is 5.75 Å². The number of rotatable bonds is 4. The van der Waals surface area contributed by atoms with Gasteiger partial charge in [-0.3, -0.25) is 9.59 Å². The second kappa shape index (κ2) is 5.96. The first-order valence-corrected chi connectivity index (χ1v) is 7.74. The van der Waals surface area contributed by atoms with Crippen molar-refractivity contribution in [1.29, 1.82) is 0 Å². The third-order valence-electron chi connectivity index (χ3n) is 4.15. The predicted octanol–water partition coefficient (Wildman–Crippen LogP) is 4.00. The number of aromatic nitrogens is 1. The average molecular weight is 321 g/mol. The normalized spacial score (nSPS) is 10.8. The van der Waals surface area contributed by atoms with Crippen LogP contribution in [0.25, 0.3) is 5.52 Å². The van der Waals surface area contributed by atoms with E-state index in [2.05, 4.69) is 0 Å². The molecule has 1 aromatic carbocycles.